The molecule has 2 fully saturated rings. The van der Waals surface area contributed by atoms with Crippen LogP contribution in [0.1, 0.15) is 191 Å². The number of rotatable bonds is 20. The van der Waals surface area contributed by atoms with Crippen LogP contribution in [-0.2, 0) is 55.8 Å². The summed E-state index contributed by atoms with van der Waals surface area (Å²) in [6.07, 6.45) is 17.7. The van der Waals surface area contributed by atoms with E-state index in [0.29, 0.717) is 13.1 Å². The molecule has 6 heteroatoms. The minimum atomic E-state index is -0.454. The predicted octanol–water partition coefficient (Wildman–Crippen LogP) is 16.3. The monoisotopic (exact) mass is 1010 g/mol. The zero-order valence-corrected chi connectivity index (χ0v) is 46.9. The quantitative estimate of drug-likeness (QED) is 0.0739. The molecule has 0 bridgehead atoms. The van der Waals surface area contributed by atoms with Gasteiger partial charge in [0, 0.05) is 10.8 Å². The molecule has 0 aromatic heterocycles. The van der Waals surface area contributed by atoms with Crippen LogP contribution in [0.15, 0.2) is 121 Å². The molecule has 0 unspecified atom stereocenters. The molecule has 398 valence electrons. The van der Waals surface area contributed by atoms with Gasteiger partial charge in [-0.05, 0) is 200 Å². The molecule has 2 aliphatic carbocycles. The Morgan fingerprint density at radius 3 is 1.13 bits per heavy atom. The van der Waals surface area contributed by atoms with Crippen molar-refractivity contribution in [3.8, 4) is 22.3 Å². The van der Waals surface area contributed by atoms with Gasteiger partial charge in [-0.2, -0.15) is 9.59 Å². The lowest BCUT2D eigenvalue weighted by Gasteiger charge is -2.34. The van der Waals surface area contributed by atoms with Crippen LogP contribution in [0.5, 0.6) is 0 Å². The van der Waals surface area contributed by atoms with Crippen molar-refractivity contribution in [1.82, 2.24) is 0 Å². The number of carbonyl (C=O) groups is 1. The molecular formula is C69H86O6. The zero-order valence-electron chi connectivity index (χ0n) is 46.9. The topological polar surface area (TPSA) is 101 Å². The smallest absolute Gasteiger partial charge is 0.373 e. The van der Waals surface area contributed by atoms with Gasteiger partial charge in [0.25, 0.3) is 6.47 Å². The van der Waals surface area contributed by atoms with Gasteiger partial charge in [-0.15, -0.1) is 0 Å². The van der Waals surface area contributed by atoms with E-state index >= 15 is 0 Å². The van der Waals surface area contributed by atoms with Crippen LogP contribution in [0, 0.1) is 27.7 Å². The highest BCUT2D eigenvalue weighted by Gasteiger charge is 2.35. The molecule has 0 amide bonds. The minimum Gasteiger partial charge on any atom is -0.463 e. The van der Waals surface area contributed by atoms with Crippen molar-refractivity contribution < 1.29 is 29.3 Å². The second-order valence-corrected chi connectivity index (χ2v) is 22.0. The van der Waals surface area contributed by atoms with Gasteiger partial charge in [-0.25, -0.2) is 0 Å². The van der Waals surface area contributed by atoms with Gasteiger partial charge in [0.1, 0.15) is 6.61 Å². The van der Waals surface area contributed by atoms with Crippen molar-refractivity contribution in [1.29, 1.82) is 0 Å². The molecule has 6 aromatic carbocycles. The standard InChI is InChI=1S/C34H42O3.C34H44O.CO2/c1-5-34(6-2,30-14-13-28(25(3)21-30)17-20-33(36)18-7-8-19-33)31-15-16-32(26(4)22-31)29-11-9-27(10-12-29)23-37-24-35;1-6-27-11-13-29(14-12-27)32-18-17-31(24-26(32)5)34(7-2,8-3)30-16-15-28(25(4)23-30)19-22-33(35)20-9-10-21-33;2-1-3/h9-16,21-22,24,36H,5-8,17-20,23H2,1-4H3;11-18,23-24,35H,6-10,19-22H2,1-5H3;. The van der Waals surface area contributed by atoms with Gasteiger partial charge < -0.3 is 14.9 Å². The van der Waals surface area contributed by atoms with Crippen LogP contribution in [0.25, 0.3) is 22.3 Å². The van der Waals surface area contributed by atoms with E-state index in [1.807, 2.05) is 12.1 Å². The van der Waals surface area contributed by atoms with Gasteiger partial charge in [0.2, 0.25) is 0 Å². The molecule has 2 N–H and O–H groups in total. The van der Waals surface area contributed by atoms with Crippen molar-refractivity contribution in [2.24, 2.45) is 0 Å². The molecule has 0 heterocycles. The molecule has 8 rings (SSSR count). The molecule has 6 aromatic rings. The fourth-order valence-corrected chi connectivity index (χ4v) is 12.7. The summed E-state index contributed by atoms with van der Waals surface area (Å²) in [5.74, 6) is 0. The molecule has 6 nitrogen and oxygen atoms in total. The largest absolute Gasteiger partial charge is 0.463 e. The highest BCUT2D eigenvalue weighted by molar-refractivity contribution is 5.70. The van der Waals surface area contributed by atoms with E-state index in [4.69, 9.17) is 14.3 Å². The summed E-state index contributed by atoms with van der Waals surface area (Å²) >= 11 is 0. The fourth-order valence-electron chi connectivity index (χ4n) is 12.7. The first-order valence-corrected chi connectivity index (χ1v) is 28.2. The third-order valence-corrected chi connectivity index (χ3v) is 17.8. The Kier molecular flexibility index (Phi) is 20.8. The van der Waals surface area contributed by atoms with Crippen molar-refractivity contribution in [2.75, 3.05) is 0 Å². The summed E-state index contributed by atoms with van der Waals surface area (Å²) in [4.78, 5) is 26.7. The van der Waals surface area contributed by atoms with Crippen LogP contribution < -0.4 is 0 Å². The molecule has 75 heavy (non-hydrogen) atoms. The Morgan fingerprint density at radius 2 is 0.827 bits per heavy atom. The third kappa shape index (κ3) is 13.9. The van der Waals surface area contributed by atoms with E-state index in [9.17, 15) is 15.0 Å². The van der Waals surface area contributed by atoms with Crippen LogP contribution >= 0.6 is 0 Å². The van der Waals surface area contributed by atoms with Crippen molar-refractivity contribution in [3.05, 3.63) is 188 Å². The summed E-state index contributed by atoms with van der Waals surface area (Å²) in [7, 11) is 0. The highest BCUT2D eigenvalue weighted by atomic mass is 16.5. The van der Waals surface area contributed by atoms with Crippen LogP contribution in [0.3, 0.4) is 0 Å². The van der Waals surface area contributed by atoms with E-state index in [2.05, 4.69) is 172 Å². The SMILES string of the molecule is CCC(CC)(c1ccc(CCC2(O)CCCC2)c(C)c1)c1ccc(-c2ccc(COC=O)cc2)c(C)c1.CCc1ccc(-c2ccc(C(CC)(CC)c3ccc(CCC4(O)CCCC4)c(C)c3)cc2C)cc1.O=C=O. The van der Waals surface area contributed by atoms with Gasteiger partial charge in [0.15, 0.2) is 0 Å². The highest BCUT2D eigenvalue weighted by Crippen LogP contribution is 2.44. The van der Waals surface area contributed by atoms with Crippen LogP contribution in [0.4, 0.5) is 0 Å². The molecule has 2 aliphatic rings. The molecular weight excluding hydrogens is 925 g/mol. The Morgan fingerprint density at radius 1 is 0.493 bits per heavy atom. The summed E-state index contributed by atoms with van der Waals surface area (Å²) in [5.41, 5.74) is 20.1. The number of hydrogen-bond donors (Lipinski definition) is 2. The molecule has 0 aliphatic heterocycles. The van der Waals surface area contributed by atoms with Crippen LogP contribution in [-0.4, -0.2) is 34.0 Å². The van der Waals surface area contributed by atoms with E-state index in [0.717, 1.165) is 102 Å². The molecule has 2 saturated carbocycles. The van der Waals surface area contributed by atoms with Gasteiger partial charge >= 0.3 is 6.15 Å². The Bertz CT molecular complexity index is 2810. The van der Waals surface area contributed by atoms with E-state index < -0.39 is 11.2 Å². The second-order valence-electron chi connectivity index (χ2n) is 22.0. The first-order chi connectivity index (χ1) is 36.1. The molecule has 0 spiro atoms. The lowest BCUT2D eigenvalue weighted by atomic mass is 9.69. The van der Waals surface area contributed by atoms with Crippen molar-refractivity contribution >= 4 is 12.6 Å². The normalized spacial score (nSPS) is 14.8. The van der Waals surface area contributed by atoms with Gasteiger partial charge in [-0.1, -0.05) is 182 Å². The van der Waals surface area contributed by atoms with E-state index in [-0.39, 0.29) is 17.0 Å². The number of hydrogen-bond acceptors (Lipinski definition) is 6. The van der Waals surface area contributed by atoms with E-state index in [1.54, 1.807) is 0 Å². The molecule has 0 radical (unpaired) electrons. The number of benzene rings is 6. The number of carbonyl (C=O) groups excluding carboxylic acids is 3. The summed E-state index contributed by atoms with van der Waals surface area (Å²) < 4.78 is 4.87. The first-order valence-electron chi connectivity index (χ1n) is 28.2. The van der Waals surface area contributed by atoms with Crippen molar-refractivity contribution in [2.45, 2.75) is 200 Å². The zero-order chi connectivity index (χ0) is 54.2. The maximum absolute atomic E-state index is 10.8. The average molecular weight is 1010 g/mol. The number of aliphatic hydroxyl groups is 2. The lowest BCUT2D eigenvalue weighted by molar-refractivity contribution is -0.191. The van der Waals surface area contributed by atoms with Gasteiger partial charge in [0.05, 0.1) is 11.2 Å². The number of ether oxygens (including phenoxy) is 1. The summed E-state index contributed by atoms with van der Waals surface area (Å²) in [6, 6.07) is 45.5. The third-order valence-electron chi connectivity index (χ3n) is 17.8. The van der Waals surface area contributed by atoms with Crippen molar-refractivity contribution in [3.63, 3.8) is 0 Å². The van der Waals surface area contributed by atoms with Crippen LogP contribution in [0.2, 0.25) is 0 Å². The summed E-state index contributed by atoms with van der Waals surface area (Å²) in [6.45, 7) is 21.2. The minimum absolute atomic E-state index is 0.0162. The maximum Gasteiger partial charge on any atom is 0.373 e. The maximum atomic E-state index is 10.8. The fraction of sp³-hybridized carbons (Fsp3) is 0.449. The lowest BCUT2D eigenvalue weighted by Crippen LogP contribution is -2.27. The second kappa shape index (κ2) is 26.7. The van der Waals surface area contributed by atoms with Gasteiger partial charge in [-0.3, -0.25) is 4.79 Å². The first kappa shape index (κ1) is 58.4. The Hall–Kier alpha value is -5.91. The molecule has 0 saturated heterocycles. The molecule has 0 atom stereocenters. The van der Waals surface area contributed by atoms with E-state index in [1.165, 1.54) is 96.3 Å². The Balaban J connectivity index is 0.000000232. The number of aryl methyl sites for hydroxylation is 7. The average Bonchev–Trinajstić information content (AvgIpc) is 4.07. The predicted molar refractivity (Wildman–Crippen MR) is 307 cm³/mol. The summed E-state index contributed by atoms with van der Waals surface area (Å²) in [5, 5.41) is 21.6. The Labute approximate surface area is 450 Å².